The number of thioether (sulfide) groups is 1. The van der Waals surface area contributed by atoms with E-state index in [0.717, 1.165) is 21.8 Å². The van der Waals surface area contributed by atoms with Crippen molar-refractivity contribution < 1.29 is 9.18 Å². The van der Waals surface area contributed by atoms with E-state index in [4.69, 9.17) is 0 Å². The number of nitrogens with zero attached hydrogens (tertiary/aromatic N) is 2. The third kappa shape index (κ3) is 1.96. The minimum absolute atomic E-state index is 0.00376. The molecular weight excluding hydrogens is 287 g/mol. The van der Waals surface area contributed by atoms with Crippen molar-refractivity contribution in [2.75, 3.05) is 5.75 Å². The summed E-state index contributed by atoms with van der Waals surface area (Å²) >= 11 is 1.56. The third-order valence-corrected chi connectivity index (χ3v) is 4.73. The van der Waals surface area contributed by atoms with Crippen LogP contribution in [0.3, 0.4) is 0 Å². The van der Waals surface area contributed by atoms with Crippen molar-refractivity contribution in [2.45, 2.75) is 11.1 Å². The van der Waals surface area contributed by atoms with Gasteiger partial charge in [-0.15, -0.1) is 0 Å². The molecule has 0 radical (unpaired) electrons. The average Bonchev–Trinajstić information content (AvgIpc) is 2.88. The highest BCUT2D eigenvalue weighted by molar-refractivity contribution is 7.99. The maximum Gasteiger partial charge on any atom is 0.241 e. The Balaban J connectivity index is 1.82. The monoisotopic (exact) mass is 298 g/mol. The summed E-state index contributed by atoms with van der Waals surface area (Å²) in [6.45, 7) is 0. The van der Waals surface area contributed by atoms with E-state index in [1.807, 2.05) is 24.3 Å². The number of aromatic nitrogens is 2. The summed E-state index contributed by atoms with van der Waals surface area (Å²) in [5.41, 5.74) is 2.50. The molecule has 0 N–H and O–H groups in total. The Kier molecular flexibility index (Phi) is 2.82. The number of hydrogen-bond donors (Lipinski definition) is 0. The first-order valence-electron chi connectivity index (χ1n) is 6.64. The van der Waals surface area contributed by atoms with Gasteiger partial charge in [0.15, 0.2) is 5.16 Å². The molecule has 0 saturated carbocycles. The molecular formula is C16H11FN2OS. The van der Waals surface area contributed by atoms with Crippen molar-refractivity contribution in [1.82, 2.24) is 9.55 Å². The quantitative estimate of drug-likeness (QED) is 0.687. The van der Waals surface area contributed by atoms with E-state index < -0.39 is 0 Å². The van der Waals surface area contributed by atoms with Crippen molar-refractivity contribution in [2.24, 2.45) is 0 Å². The molecule has 5 heteroatoms. The van der Waals surface area contributed by atoms with Gasteiger partial charge < -0.3 is 0 Å². The first kappa shape index (κ1) is 12.6. The van der Waals surface area contributed by atoms with Crippen molar-refractivity contribution in [3.63, 3.8) is 0 Å². The summed E-state index contributed by atoms with van der Waals surface area (Å²) in [7, 11) is 0. The van der Waals surface area contributed by atoms with Gasteiger partial charge in [0.25, 0.3) is 0 Å². The largest absolute Gasteiger partial charge is 0.273 e. The van der Waals surface area contributed by atoms with Gasteiger partial charge in [0.05, 0.1) is 17.0 Å². The van der Waals surface area contributed by atoms with Gasteiger partial charge in [-0.05, 0) is 29.8 Å². The maximum atomic E-state index is 13.0. The van der Waals surface area contributed by atoms with E-state index in [0.29, 0.717) is 5.75 Å². The van der Waals surface area contributed by atoms with Crippen molar-refractivity contribution in [3.8, 4) is 0 Å². The predicted octanol–water partition coefficient (Wildman–Crippen LogP) is 3.71. The lowest BCUT2D eigenvalue weighted by Gasteiger charge is -2.22. The third-order valence-electron chi connectivity index (χ3n) is 3.70. The molecule has 1 aliphatic heterocycles. The number of benzene rings is 2. The van der Waals surface area contributed by atoms with Crippen LogP contribution in [-0.2, 0) is 0 Å². The second kappa shape index (κ2) is 4.70. The van der Waals surface area contributed by atoms with Crippen molar-refractivity contribution in [3.05, 3.63) is 59.9 Å². The normalized spacial score (nSPS) is 18.0. The van der Waals surface area contributed by atoms with Gasteiger partial charge in [0.2, 0.25) is 5.91 Å². The van der Waals surface area contributed by atoms with Gasteiger partial charge >= 0.3 is 0 Å². The van der Waals surface area contributed by atoms with Gasteiger partial charge in [-0.1, -0.05) is 36.0 Å². The molecule has 1 aromatic heterocycles. The Hall–Kier alpha value is -2.14. The zero-order valence-electron chi connectivity index (χ0n) is 11.0. The molecule has 1 atom stereocenters. The minimum Gasteiger partial charge on any atom is -0.273 e. The molecule has 104 valence electrons. The predicted molar refractivity (Wildman–Crippen MR) is 80.2 cm³/mol. The molecule has 2 heterocycles. The van der Waals surface area contributed by atoms with Gasteiger partial charge in [0.1, 0.15) is 5.82 Å². The topological polar surface area (TPSA) is 34.9 Å². The molecule has 3 nitrogen and oxygen atoms in total. The molecule has 3 aromatic rings. The number of hydrogen-bond acceptors (Lipinski definition) is 3. The molecule has 0 spiro atoms. The molecule has 0 saturated heterocycles. The molecule has 0 fully saturated rings. The Labute approximate surface area is 124 Å². The van der Waals surface area contributed by atoms with Crippen LogP contribution in [0.2, 0.25) is 0 Å². The van der Waals surface area contributed by atoms with E-state index in [2.05, 4.69) is 4.98 Å². The van der Waals surface area contributed by atoms with Crippen LogP contribution in [0, 0.1) is 5.82 Å². The van der Waals surface area contributed by atoms with Crippen LogP contribution in [0.25, 0.3) is 11.0 Å². The van der Waals surface area contributed by atoms with Crippen LogP contribution >= 0.6 is 11.8 Å². The Bertz CT molecular complexity index is 841. The molecule has 2 aromatic carbocycles. The molecule has 0 unspecified atom stereocenters. The summed E-state index contributed by atoms with van der Waals surface area (Å²) in [6, 6.07) is 13.8. The Morgan fingerprint density at radius 1 is 1.14 bits per heavy atom. The minimum atomic E-state index is -0.288. The lowest BCUT2D eigenvalue weighted by atomic mass is 10.00. The summed E-state index contributed by atoms with van der Waals surface area (Å²) in [4.78, 5) is 17.3. The Morgan fingerprint density at radius 2 is 1.90 bits per heavy atom. The number of carbonyl (C=O) groups is 1. The molecule has 0 bridgehead atoms. The number of para-hydroxylation sites is 2. The van der Waals surface area contributed by atoms with Crippen LogP contribution in [0.4, 0.5) is 4.39 Å². The SMILES string of the molecule is O=C1[C@H](c2ccc(F)cc2)CSc2nc3ccccc3n21. The van der Waals surface area contributed by atoms with Crippen molar-refractivity contribution in [1.29, 1.82) is 0 Å². The van der Waals surface area contributed by atoms with E-state index in [-0.39, 0.29) is 17.6 Å². The standard InChI is InChI=1S/C16H11FN2OS/c17-11-7-5-10(6-8-11)12-9-21-16-18-13-3-1-2-4-14(13)19(16)15(12)20/h1-8,12H,9H2/t12-/m0/s1. The summed E-state index contributed by atoms with van der Waals surface area (Å²) in [5.74, 6) is 0.0848. The summed E-state index contributed by atoms with van der Waals surface area (Å²) < 4.78 is 14.7. The second-order valence-corrected chi connectivity index (χ2v) is 5.96. The molecule has 1 aliphatic rings. The highest BCUT2D eigenvalue weighted by atomic mass is 32.2. The highest BCUT2D eigenvalue weighted by Crippen LogP contribution is 2.35. The number of halogens is 1. The number of carbonyl (C=O) groups excluding carboxylic acids is 1. The van der Waals surface area contributed by atoms with E-state index in [1.165, 1.54) is 12.1 Å². The summed E-state index contributed by atoms with van der Waals surface area (Å²) in [6.07, 6.45) is 0. The number of imidazole rings is 1. The van der Waals surface area contributed by atoms with Crippen molar-refractivity contribution >= 4 is 28.7 Å². The fourth-order valence-electron chi connectivity index (χ4n) is 2.63. The van der Waals surface area contributed by atoms with E-state index in [9.17, 15) is 9.18 Å². The fourth-order valence-corrected chi connectivity index (χ4v) is 3.76. The van der Waals surface area contributed by atoms with Crippen LogP contribution in [-0.4, -0.2) is 21.2 Å². The second-order valence-electron chi connectivity index (χ2n) is 4.97. The highest BCUT2D eigenvalue weighted by Gasteiger charge is 2.31. The van der Waals surface area contributed by atoms with E-state index >= 15 is 0 Å². The molecule has 0 amide bonds. The van der Waals surface area contributed by atoms with Gasteiger partial charge in [-0.2, -0.15) is 0 Å². The van der Waals surface area contributed by atoms with Gasteiger partial charge in [-0.3, -0.25) is 9.36 Å². The van der Waals surface area contributed by atoms with Crippen LogP contribution in [0.1, 0.15) is 16.3 Å². The maximum absolute atomic E-state index is 13.0. The Morgan fingerprint density at radius 3 is 2.71 bits per heavy atom. The molecule has 0 aliphatic carbocycles. The first-order valence-corrected chi connectivity index (χ1v) is 7.62. The summed E-state index contributed by atoms with van der Waals surface area (Å²) in [5, 5.41) is 0.736. The van der Waals surface area contributed by atoms with Crippen LogP contribution in [0.5, 0.6) is 0 Å². The molecule has 4 rings (SSSR count). The van der Waals surface area contributed by atoms with Gasteiger partial charge in [-0.25, -0.2) is 9.37 Å². The van der Waals surface area contributed by atoms with Crippen LogP contribution < -0.4 is 0 Å². The lowest BCUT2D eigenvalue weighted by molar-refractivity contribution is 0.0876. The average molecular weight is 298 g/mol. The molecule has 21 heavy (non-hydrogen) atoms. The smallest absolute Gasteiger partial charge is 0.241 e. The number of rotatable bonds is 1. The fraction of sp³-hybridized carbons (Fsp3) is 0.125. The lowest BCUT2D eigenvalue weighted by Crippen LogP contribution is -2.26. The first-order chi connectivity index (χ1) is 10.2. The zero-order valence-corrected chi connectivity index (χ0v) is 11.8. The van der Waals surface area contributed by atoms with Gasteiger partial charge in [0, 0.05) is 5.75 Å². The van der Waals surface area contributed by atoms with Crippen LogP contribution in [0.15, 0.2) is 53.7 Å². The number of fused-ring (bicyclic) bond motifs is 3. The zero-order chi connectivity index (χ0) is 14.4. The van der Waals surface area contributed by atoms with E-state index in [1.54, 1.807) is 28.5 Å².